The van der Waals surface area contributed by atoms with Gasteiger partial charge >= 0.3 is 0 Å². The molecule has 0 atom stereocenters. The number of anilines is 1. The Morgan fingerprint density at radius 3 is 2.56 bits per heavy atom. The lowest BCUT2D eigenvalue weighted by atomic mass is 10.2. The highest BCUT2D eigenvalue weighted by Crippen LogP contribution is 2.16. The van der Waals surface area contributed by atoms with Crippen LogP contribution in [0.15, 0.2) is 18.3 Å². The van der Waals surface area contributed by atoms with Crippen molar-refractivity contribution >= 4 is 5.82 Å². The third-order valence-electron chi connectivity index (χ3n) is 2.74. The molecule has 1 aromatic heterocycles. The van der Waals surface area contributed by atoms with Crippen LogP contribution in [0, 0.1) is 11.8 Å². The van der Waals surface area contributed by atoms with Crippen LogP contribution in [0.4, 0.5) is 5.82 Å². The lowest BCUT2D eigenvalue weighted by molar-refractivity contribution is 0.550. The van der Waals surface area contributed by atoms with Crippen molar-refractivity contribution in [2.45, 2.75) is 34.2 Å². The zero-order valence-corrected chi connectivity index (χ0v) is 12.4. The van der Waals surface area contributed by atoms with Crippen molar-refractivity contribution in [3.05, 3.63) is 23.9 Å². The topological polar surface area (TPSA) is 28.2 Å². The molecule has 0 unspecified atom stereocenters. The maximum atomic E-state index is 4.52. The minimum atomic E-state index is 0.647. The van der Waals surface area contributed by atoms with Crippen molar-refractivity contribution in [3.8, 4) is 0 Å². The van der Waals surface area contributed by atoms with Gasteiger partial charge in [-0.3, -0.25) is 0 Å². The Balaban J connectivity index is 2.66. The maximum absolute atomic E-state index is 4.52. The molecule has 1 N–H and O–H groups in total. The Morgan fingerprint density at radius 2 is 1.94 bits per heavy atom. The SMILES string of the molecule is CC(C)CNCc1cccnc1N(C)CC(C)C. The average molecular weight is 249 g/mol. The van der Waals surface area contributed by atoms with Crippen molar-refractivity contribution < 1.29 is 0 Å². The zero-order valence-electron chi connectivity index (χ0n) is 12.4. The molecule has 18 heavy (non-hydrogen) atoms. The van der Waals surface area contributed by atoms with Gasteiger partial charge in [-0.2, -0.15) is 0 Å². The lowest BCUT2D eigenvalue weighted by Gasteiger charge is -2.23. The molecular formula is C15H27N3. The first-order valence-electron chi connectivity index (χ1n) is 6.86. The van der Waals surface area contributed by atoms with Crippen molar-refractivity contribution in [2.75, 3.05) is 25.0 Å². The molecule has 0 amide bonds. The number of pyridine rings is 1. The van der Waals surface area contributed by atoms with Crippen LogP contribution in [-0.2, 0) is 6.54 Å². The van der Waals surface area contributed by atoms with Crippen molar-refractivity contribution in [1.82, 2.24) is 10.3 Å². The van der Waals surface area contributed by atoms with E-state index < -0.39 is 0 Å². The molecule has 3 nitrogen and oxygen atoms in total. The normalized spacial score (nSPS) is 11.3. The molecule has 0 aliphatic heterocycles. The van der Waals surface area contributed by atoms with Crippen LogP contribution in [0.5, 0.6) is 0 Å². The molecule has 3 heteroatoms. The molecular weight excluding hydrogens is 222 g/mol. The summed E-state index contributed by atoms with van der Waals surface area (Å²) >= 11 is 0. The molecule has 0 fully saturated rings. The maximum Gasteiger partial charge on any atom is 0.132 e. The van der Waals surface area contributed by atoms with E-state index in [-0.39, 0.29) is 0 Å². The van der Waals surface area contributed by atoms with Crippen LogP contribution in [0.3, 0.4) is 0 Å². The van der Waals surface area contributed by atoms with Crippen LogP contribution < -0.4 is 10.2 Å². The van der Waals surface area contributed by atoms with E-state index in [0.29, 0.717) is 11.8 Å². The molecule has 0 spiro atoms. The van der Waals surface area contributed by atoms with Gasteiger partial charge in [-0.05, 0) is 24.4 Å². The highest BCUT2D eigenvalue weighted by atomic mass is 15.2. The first kappa shape index (κ1) is 15.0. The second kappa shape index (κ2) is 7.37. The molecule has 0 aliphatic carbocycles. The van der Waals surface area contributed by atoms with E-state index in [2.05, 4.69) is 56.0 Å². The molecule has 1 heterocycles. The molecule has 1 rings (SSSR count). The molecule has 0 bridgehead atoms. The van der Waals surface area contributed by atoms with Gasteiger partial charge in [-0.15, -0.1) is 0 Å². The largest absolute Gasteiger partial charge is 0.359 e. The number of aromatic nitrogens is 1. The van der Waals surface area contributed by atoms with Crippen LogP contribution in [0.2, 0.25) is 0 Å². The third-order valence-corrected chi connectivity index (χ3v) is 2.74. The summed E-state index contributed by atoms with van der Waals surface area (Å²) in [5, 5.41) is 3.48. The summed E-state index contributed by atoms with van der Waals surface area (Å²) in [6.45, 7) is 11.9. The number of nitrogens with zero attached hydrogens (tertiary/aromatic N) is 2. The van der Waals surface area contributed by atoms with Crippen molar-refractivity contribution in [3.63, 3.8) is 0 Å². The summed E-state index contributed by atoms with van der Waals surface area (Å²) in [4.78, 5) is 6.76. The van der Waals surface area contributed by atoms with E-state index in [1.54, 1.807) is 0 Å². The number of hydrogen-bond donors (Lipinski definition) is 1. The molecule has 0 saturated heterocycles. The van der Waals surface area contributed by atoms with Crippen molar-refractivity contribution in [1.29, 1.82) is 0 Å². The Kier molecular flexibility index (Phi) is 6.13. The lowest BCUT2D eigenvalue weighted by Crippen LogP contribution is -2.26. The molecule has 0 aromatic carbocycles. The van der Waals surface area contributed by atoms with Crippen LogP contribution >= 0.6 is 0 Å². The molecule has 0 aliphatic rings. The Morgan fingerprint density at radius 1 is 1.22 bits per heavy atom. The first-order valence-corrected chi connectivity index (χ1v) is 6.86. The summed E-state index contributed by atoms with van der Waals surface area (Å²) in [7, 11) is 2.12. The predicted molar refractivity (Wildman–Crippen MR) is 78.9 cm³/mol. The van der Waals surface area contributed by atoms with Gasteiger partial charge < -0.3 is 10.2 Å². The van der Waals surface area contributed by atoms with E-state index in [9.17, 15) is 0 Å². The Hall–Kier alpha value is -1.09. The van der Waals surface area contributed by atoms with Gasteiger partial charge in [0, 0.05) is 31.9 Å². The molecule has 102 valence electrons. The highest BCUT2D eigenvalue weighted by Gasteiger charge is 2.09. The fourth-order valence-electron chi connectivity index (χ4n) is 2.04. The second-order valence-corrected chi connectivity index (χ2v) is 5.79. The third kappa shape index (κ3) is 5.05. The van der Waals surface area contributed by atoms with Crippen LogP contribution in [0.1, 0.15) is 33.3 Å². The Labute approximate surface area is 112 Å². The predicted octanol–water partition coefficient (Wildman–Crippen LogP) is 2.92. The van der Waals surface area contributed by atoms with E-state index in [4.69, 9.17) is 0 Å². The van der Waals surface area contributed by atoms with Crippen LogP contribution in [-0.4, -0.2) is 25.1 Å². The average Bonchev–Trinajstić information content (AvgIpc) is 2.28. The minimum Gasteiger partial charge on any atom is -0.359 e. The zero-order chi connectivity index (χ0) is 13.5. The Bertz CT molecular complexity index is 347. The first-order chi connectivity index (χ1) is 8.50. The van der Waals surface area contributed by atoms with Gasteiger partial charge in [0.15, 0.2) is 0 Å². The van der Waals surface area contributed by atoms with Gasteiger partial charge in [0.25, 0.3) is 0 Å². The summed E-state index contributed by atoms with van der Waals surface area (Å²) in [6, 6.07) is 4.17. The number of hydrogen-bond acceptors (Lipinski definition) is 3. The molecule has 1 aromatic rings. The summed E-state index contributed by atoms with van der Waals surface area (Å²) in [5.41, 5.74) is 1.28. The quantitative estimate of drug-likeness (QED) is 0.805. The van der Waals surface area contributed by atoms with Gasteiger partial charge in [-0.1, -0.05) is 33.8 Å². The standard InChI is InChI=1S/C15H27N3/c1-12(2)9-16-10-14-7-6-8-17-15(14)18(5)11-13(3)4/h6-8,12-13,16H,9-11H2,1-5H3. The summed E-state index contributed by atoms with van der Waals surface area (Å²) in [6.07, 6.45) is 1.87. The van der Waals surface area contributed by atoms with Gasteiger partial charge in [0.05, 0.1) is 0 Å². The minimum absolute atomic E-state index is 0.647. The highest BCUT2D eigenvalue weighted by molar-refractivity contribution is 5.45. The molecule has 0 radical (unpaired) electrons. The fourth-order valence-corrected chi connectivity index (χ4v) is 2.04. The van der Waals surface area contributed by atoms with E-state index in [1.165, 1.54) is 5.56 Å². The van der Waals surface area contributed by atoms with Crippen LogP contribution in [0.25, 0.3) is 0 Å². The molecule has 0 saturated carbocycles. The number of rotatable bonds is 7. The van der Waals surface area contributed by atoms with E-state index >= 15 is 0 Å². The monoisotopic (exact) mass is 249 g/mol. The van der Waals surface area contributed by atoms with Gasteiger partial charge in [0.1, 0.15) is 5.82 Å². The fraction of sp³-hybridized carbons (Fsp3) is 0.667. The van der Waals surface area contributed by atoms with Gasteiger partial charge in [0.2, 0.25) is 0 Å². The number of nitrogens with one attached hydrogen (secondary N) is 1. The smallest absolute Gasteiger partial charge is 0.132 e. The summed E-state index contributed by atoms with van der Waals surface area (Å²) in [5.74, 6) is 2.43. The van der Waals surface area contributed by atoms with Crippen molar-refractivity contribution in [2.24, 2.45) is 11.8 Å². The van der Waals surface area contributed by atoms with Gasteiger partial charge in [-0.25, -0.2) is 4.98 Å². The van der Waals surface area contributed by atoms with E-state index in [0.717, 1.165) is 25.5 Å². The summed E-state index contributed by atoms with van der Waals surface area (Å²) < 4.78 is 0. The van der Waals surface area contributed by atoms with E-state index in [1.807, 2.05) is 12.3 Å². The second-order valence-electron chi connectivity index (χ2n) is 5.79.